The second kappa shape index (κ2) is 8.10. The van der Waals surface area contributed by atoms with E-state index in [1.807, 2.05) is 18.6 Å². The van der Waals surface area contributed by atoms with Crippen LogP contribution in [0, 0.1) is 24.2 Å². The molecule has 1 aliphatic carbocycles. The molecule has 138 valence electrons. The van der Waals surface area contributed by atoms with E-state index in [1.165, 1.54) is 33.5 Å². The van der Waals surface area contributed by atoms with Crippen LogP contribution in [0.1, 0.15) is 23.2 Å². The van der Waals surface area contributed by atoms with Crippen LogP contribution in [0.15, 0.2) is 84.9 Å². The molecule has 0 amide bonds. The fourth-order valence-corrected chi connectivity index (χ4v) is 3.62. The molecule has 3 aromatic rings. The first-order valence-corrected chi connectivity index (χ1v) is 9.64. The summed E-state index contributed by atoms with van der Waals surface area (Å²) in [5.41, 5.74) is 7.52. The molecule has 0 aliphatic heterocycles. The van der Waals surface area contributed by atoms with Gasteiger partial charge in [-0.1, -0.05) is 66.8 Å². The monoisotopic (exact) mass is 365 g/mol. The Morgan fingerprint density at radius 1 is 1.14 bits per heavy atom. The van der Waals surface area contributed by atoms with Gasteiger partial charge in [-0.15, -0.1) is 0 Å². The van der Waals surface area contributed by atoms with Crippen LogP contribution in [-0.2, 0) is 13.0 Å². The Labute approximate surface area is 166 Å². The minimum Gasteiger partial charge on any atom is -0.330 e. The Morgan fingerprint density at radius 2 is 1.96 bits per heavy atom. The second-order valence-electron chi connectivity index (χ2n) is 7.31. The minimum absolute atomic E-state index is 0.0143. The van der Waals surface area contributed by atoms with E-state index in [0.717, 1.165) is 19.4 Å². The molecule has 0 N–H and O–H groups in total. The number of allylic oxidation sites excluding steroid dienone is 4. The van der Waals surface area contributed by atoms with Crippen molar-refractivity contribution in [3.8, 4) is 17.2 Å². The Kier molecular flexibility index (Phi) is 5.21. The number of hydrogen-bond donors (Lipinski definition) is 0. The smallest absolute Gasteiger partial charge is 0.0951 e. The largest absolute Gasteiger partial charge is 0.330 e. The normalized spacial score (nSPS) is 15.9. The molecule has 3 nitrogen and oxygen atoms in total. The molecule has 3 heteroatoms. The first-order valence-electron chi connectivity index (χ1n) is 9.64. The van der Waals surface area contributed by atoms with Gasteiger partial charge in [0.05, 0.1) is 18.3 Å². The van der Waals surface area contributed by atoms with E-state index < -0.39 is 0 Å². The quantitative estimate of drug-likeness (QED) is 0.601. The van der Waals surface area contributed by atoms with Crippen molar-refractivity contribution in [2.75, 3.05) is 0 Å². The zero-order chi connectivity index (χ0) is 19.3. The van der Waals surface area contributed by atoms with Crippen molar-refractivity contribution in [2.24, 2.45) is 5.92 Å². The molecule has 1 aromatic heterocycles. The van der Waals surface area contributed by atoms with Crippen LogP contribution < -0.4 is 0 Å². The molecule has 1 atom stereocenters. The topological polar surface area (TPSA) is 41.6 Å². The lowest BCUT2D eigenvalue weighted by molar-refractivity contribution is 0.748. The Hall–Kier alpha value is -3.38. The van der Waals surface area contributed by atoms with E-state index in [4.69, 9.17) is 5.26 Å². The molecule has 0 fully saturated rings. The highest BCUT2D eigenvalue weighted by Crippen LogP contribution is 2.24. The highest BCUT2D eigenvalue weighted by molar-refractivity contribution is 5.67. The van der Waals surface area contributed by atoms with Gasteiger partial charge in [-0.25, -0.2) is 4.98 Å². The standard InChI is InChI=1S/C25H23N3/c1-19-4-2-3-5-25(19)23-12-10-22(11-13-23)17-28-18-27-16-24(28)14-20-6-8-21(15-26)9-7-20/h2-8,10-13,16,18,21H,9,14,17H2,1H3. The van der Waals surface area contributed by atoms with Gasteiger partial charge >= 0.3 is 0 Å². The molecule has 0 bridgehead atoms. The van der Waals surface area contributed by atoms with E-state index in [9.17, 15) is 0 Å². The maximum Gasteiger partial charge on any atom is 0.0951 e. The van der Waals surface area contributed by atoms with Gasteiger partial charge in [-0.3, -0.25) is 0 Å². The van der Waals surface area contributed by atoms with Gasteiger partial charge in [0, 0.05) is 24.9 Å². The van der Waals surface area contributed by atoms with Gasteiger partial charge in [0.2, 0.25) is 0 Å². The van der Waals surface area contributed by atoms with E-state index >= 15 is 0 Å². The van der Waals surface area contributed by atoms with E-state index in [1.54, 1.807) is 0 Å². The summed E-state index contributed by atoms with van der Waals surface area (Å²) in [6, 6.07) is 19.6. The van der Waals surface area contributed by atoms with Gasteiger partial charge < -0.3 is 4.57 Å². The van der Waals surface area contributed by atoms with Crippen molar-refractivity contribution in [3.05, 3.63) is 102 Å². The van der Waals surface area contributed by atoms with Crippen molar-refractivity contribution in [1.29, 1.82) is 5.26 Å². The predicted molar refractivity (Wildman–Crippen MR) is 113 cm³/mol. The van der Waals surface area contributed by atoms with Crippen LogP contribution >= 0.6 is 0 Å². The number of aromatic nitrogens is 2. The number of rotatable bonds is 5. The van der Waals surface area contributed by atoms with Gasteiger partial charge in [0.1, 0.15) is 0 Å². The van der Waals surface area contributed by atoms with Crippen molar-refractivity contribution in [2.45, 2.75) is 26.3 Å². The number of nitriles is 1. The van der Waals surface area contributed by atoms with Gasteiger partial charge in [0.15, 0.2) is 0 Å². The van der Waals surface area contributed by atoms with E-state index in [0.29, 0.717) is 0 Å². The van der Waals surface area contributed by atoms with Crippen molar-refractivity contribution in [1.82, 2.24) is 9.55 Å². The van der Waals surface area contributed by atoms with Crippen molar-refractivity contribution >= 4 is 0 Å². The summed E-state index contributed by atoms with van der Waals surface area (Å²) in [6.45, 7) is 2.95. The molecule has 0 saturated heterocycles. The zero-order valence-electron chi connectivity index (χ0n) is 16.0. The highest BCUT2D eigenvalue weighted by atomic mass is 15.0. The average molecular weight is 365 g/mol. The fourth-order valence-electron chi connectivity index (χ4n) is 3.62. The molecule has 1 unspecified atom stereocenters. The first-order chi connectivity index (χ1) is 13.7. The lowest BCUT2D eigenvalue weighted by atomic mass is 9.96. The number of hydrogen-bond acceptors (Lipinski definition) is 2. The maximum atomic E-state index is 9.00. The molecule has 28 heavy (non-hydrogen) atoms. The third kappa shape index (κ3) is 3.97. The minimum atomic E-state index is 0.0143. The number of nitrogens with zero attached hydrogens (tertiary/aromatic N) is 3. The molecular weight excluding hydrogens is 342 g/mol. The molecule has 2 aromatic carbocycles. The Balaban J connectivity index is 1.47. The van der Waals surface area contributed by atoms with Crippen molar-refractivity contribution in [3.63, 3.8) is 0 Å². The third-order valence-electron chi connectivity index (χ3n) is 5.29. The molecule has 0 spiro atoms. The lowest BCUT2D eigenvalue weighted by Gasteiger charge is -2.13. The van der Waals surface area contributed by atoms with E-state index in [-0.39, 0.29) is 5.92 Å². The molecular formula is C25H23N3. The van der Waals surface area contributed by atoms with E-state index in [2.05, 4.69) is 83.2 Å². The van der Waals surface area contributed by atoms with Crippen LogP contribution in [0.4, 0.5) is 0 Å². The predicted octanol–water partition coefficient (Wildman–Crippen LogP) is 5.48. The van der Waals surface area contributed by atoms with Gasteiger partial charge in [0.25, 0.3) is 0 Å². The molecule has 4 rings (SSSR count). The van der Waals surface area contributed by atoms with Crippen LogP contribution in [0.25, 0.3) is 11.1 Å². The average Bonchev–Trinajstić information content (AvgIpc) is 3.16. The summed E-state index contributed by atoms with van der Waals surface area (Å²) in [5, 5.41) is 9.00. The molecule has 1 heterocycles. The van der Waals surface area contributed by atoms with Crippen LogP contribution in [0.5, 0.6) is 0 Å². The maximum absolute atomic E-state index is 9.00. The number of imidazole rings is 1. The summed E-state index contributed by atoms with van der Waals surface area (Å²) in [4.78, 5) is 4.35. The molecule has 0 saturated carbocycles. The first kappa shape index (κ1) is 18.0. The highest BCUT2D eigenvalue weighted by Gasteiger charge is 2.10. The van der Waals surface area contributed by atoms with Crippen LogP contribution in [0.3, 0.4) is 0 Å². The molecule has 0 radical (unpaired) electrons. The van der Waals surface area contributed by atoms with Crippen LogP contribution in [-0.4, -0.2) is 9.55 Å². The van der Waals surface area contributed by atoms with Crippen molar-refractivity contribution < 1.29 is 0 Å². The number of aryl methyl sites for hydroxylation is 1. The van der Waals surface area contributed by atoms with Gasteiger partial charge in [-0.05, 0) is 41.2 Å². The third-order valence-corrected chi connectivity index (χ3v) is 5.29. The summed E-state index contributed by atoms with van der Waals surface area (Å²) in [5.74, 6) is 0.0143. The lowest BCUT2D eigenvalue weighted by Crippen LogP contribution is -2.05. The zero-order valence-corrected chi connectivity index (χ0v) is 16.0. The molecule has 1 aliphatic rings. The number of benzene rings is 2. The summed E-state index contributed by atoms with van der Waals surface area (Å²) in [7, 11) is 0. The summed E-state index contributed by atoms with van der Waals surface area (Å²) in [6.07, 6.45) is 11.7. The van der Waals surface area contributed by atoms with Crippen LogP contribution in [0.2, 0.25) is 0 Å². The second-order valence-corrected chi connectivity index (χ2v) is 7.31. The Bertz CT molecular complexity index is 1060. The summed E-state index contributed by atoms with van der Waals surface area (Å²) >= 11 is 0. The van der Waals surface area contributed by atoms with Gasteiger partial charge in [-0.2, -0.15) is 5.26 Å². The Morgan fingerprint density at radius 3 is 2.68 bits per heavy atom. The summed E-state index contributed by atoms with van der Waals surface area (Å²) < 4.78 is 2.20. The fraction of sp³-hybridized carbons (Fsp3) is 0.200. The SMILES string of the molecule is Cc1ccccc1-c1ccc(Cn2cncc2CC2=CCC(C#N)C=C2)cc1.